The van der Waals surface area contributed by atoms with Gasteiger partial charge in [-0.15, -0.1) is 0 Å². The second-order valence-electron chi connectivity index (χ2n) is 5.86. The molecule has 1 aliphatic rings. The molecule has 3 nitrogen and oxygen atoms in total. The van der Waals surface area contributed by atoms with E-state index >= 15 is 0 Å². The topological polar surface area (TPSA) is 28.4 Å². The Hall–Kier alpha value is -0.450. The Labute approximate surface area is 121 Å². The van der Waals surface area contributed by atoms with Gasteiger partial charge in [0, 0.05) is 41.7 Å². The van der Waals surface area contributed by atoms with Crippen LogP contribution >= 0.6 is 11.8 Å². The summed E-state index contributed by atoms with van der Waals surface area (Å²) in [5, 5.41) is 4.90. The molecule has 0 amide bonds. The van der Waals surface area contributed by atoms with Crippen LogP contribution in [0.2, 0.25) is 0 Å². The van der Waals surface area contributed by atoms with Gasteiger partial charge in [-0.3, -0.25) is 4.90 Å². The second-order valence-corrected chi connectivity index (χ2v) is 7.74. The lowest BCUT2D eigenvalue weighted by molar-refractivity contribution is 0.240. The third-order valence-electron chi connectivity index (χ3n) is 3.40. The summed E-state index contributed by atoms with van der Waals surface area (Å²) in [5.41, 5.74) is 1.30. The molecule has 1 aromatic heterocycles. The fourth-order valence-electron chi connectivity index (χ4n) is 2.59. The van der Waals surface area contributed by atoms with Crippen molar-refractivity contribution in [3.05, 3.63) is 23.7 Å². The second kappa shape index (κ2) is 6.82. The smallest absolute Gasteiger partial charge is 0.122 e. The molecule has 0 spiro atoms. The van der Waals surface area contributed by atoms with E-state index in [1.165, 1.54) is 5.56 Å². The Morgan fingerprint density at radius 2 is 2.05 bits per heavy atom. The minimum atomic E-state index is 0.509. The lowest BCUT2D eigenvalue weighted by Crippen LogP contribution is -2.39. The Balaban J connectivity index is 1.93. The van der Waals surface area contributed by atoms with Gasteiger partial charge in [-0.2, -0.15) is 11.8 Å². The molecule has 1 saturated heterocycles. The van der Waals surface area contributed by atoms with Crippen molar-refractivity contribution in [3.8, 4) is 0 Å². The summed E-state index contributed by atoms with van der Waals surface area (Å²) in [6.07, 6.45) is 1.82. The Bertz CT molecular complexity index is 381. The number of hydrogen-bond donors (Lipinski definition) is 1. The molecule has 1 aromatic rings. The van der Waals surface area contributed by atoms with E-state index in [9.17, 15) is 0 Å². The molecule has 0 aliphatic carbocycles. The summed E-state index contributed by atoms with van der Waals surface area (Å²) in [6.45, 7) is 13.1. The maximum absolute atomic E-state index is 5.68. The number of furan rings is 1. The molecule has 2 rings (SSSR count). The lowest BCUT2D eigenvalue weighted by Gasteiger charge is -2.34. The molecular formula is C15H26N2OS. The van der Waals surface area contributed by atoms with Crippen LogP contribution in [0.15, 0.2) is 16.7 Å². The van der Waals surface area contributed by atoms with Crippen LogP contribution in [0.3, 0.4) is 0 Å². The summed E-state index contributed by atoms with van der Waals surface area (Å²) in [4.78, 5) is 2.52. The molecule has 0 aromatic carbocycles. The summed E-state index contributed by atoms with van der Waals surface area (Å²) in [7, 11) is 0. The number of rotatable bonds is 5. The SMILES string of the molecule is CC(C)NCc1ccoc1CN1CC(C)SC(C)C1. The van der Waals surface area contributed by atoms with Crippen molar-refractivity contribution >= 4 is 11.8 Å². The van der Waals surface area contributed by atoms with Crippen LogP contribution < -0.4 is 5.32 Å². The average molecular weight is 282 g/mol. The predicted molar refractivity (Wildman–Crippen MR) is 82.5 cm³/mol. The van der Waals surface area contributed by atoms with E-state index in [0.717, 1.165) is 42.4 Å². The van der Waals surface area contributed by atoms with Gasteiger partial charge < -0.3 is 9.73 Å². The molecule has 2 unspecified atom stereocenters. The molecular weight excluding hydrogens is 256 g/mol. The molecule has 2 heterocycles. The van der Waals surface area contributed by atoms with Gasteiger partial charge in [-0.1, -0.05) is 27.7 Å². The highest BCUT2D eigenvalue weighted by Crippen LogP contribution is 2.26. The van der Waals surface area contributed by atoms with Gasteiger partial charge in [0.05, 0.1) is 12.8 Å². The molecule has 1 N–H and O–H groups in total. The van der Waals surface area contributed by atoms with E-state index in [0.29, 0.717) is 6.04 Å². The van der Waals surface area contributed by atoms with Crippen LogP contribution in [0.1, 0.15) is 39.0 Å². The zero-order valence-corrected chi connectivity index (χ0v) is 13.3. The van der Waals surface area contributed by atoms with Crippen molar-refractivity contribution in [3.63, 3.8) is 0 Å². The molecule has 4 heteroatoms. The molecule has 1 aliphatic heterocycles. The van der Waals surface area contributed by atoms with Gasteiger partial charge in [-0.25, -0.2) is 0 Å². The maximum Gasteiger partial charge on any atom is 0.122 e. The molecule has 1 fully saturated rings. The molecule has 108 valence electrons. The molecule has 0 saturated carbocycles. The van der Waals surface area contributed by atoms with E-state index in [4.69, 9.17) is 4.42 Å². The zero-order valence-electron chi connectivity index (χ0n) is 12.5. The van der Waals surface area contributed by atoms with Crippen LogP contribution in [0.4, 0.5) is 0 Å². The summed E-state index contributed by atoms with van der Waals surface area (Å²) in [6, 6.07) is 2.60. The number of hydrogen-bond acceptors (Lipinski definition) is 4. The molecule has 19 heavy (non-hydrogen) atoms. The van der Waals surface area contributed by atoms with E-state index in [-0.39, 0.29) is 0 Å². The Kier molecular flexibility index (Phi) is 5.37. The Morgan fingerprint density at radius 1 is 1.37 bits per heavy atom. The van der Waals surface area contributed by atoms with Gasteiger partial charge in [0.15, 0.2) is 0 Å². The van der Waals surface area contributed by atoms with Gasteiger partial charge in [0.2, 0.25) is 0 Å². The molecule has 0 radical (unpaired) electrons. The highest BCUT2D eigenvalue weighted by atomic mass is 32.2. The van der Waals surface area contributed by atoms with Gasteiger partial charge >= 0.3 is 0 Å². The van der Waals surface area contributed by atoms with Crippen molar-refractivity contribution in [1.82, 2.24) is 10.2 Å². The highest BCUT2D eigenvalue weighted by Gasteiger charge is 2.23. The molecule has 0 bridgehead atoms. The standard InChI is InChI=1S/C15H26N2OS/c1-11(2)16-7-14-5-6-18-15(14)10-17-8-12(3)19-13(4)9-17/h5-6,11-13,16H,7-10H2,1-4H3. The lowest BCUT2D eigenvalue weighted by atomic mass is 10.2. The fraction of sp³-hybridized carbons (Fsp3) is 0.733. The van der Waals surface area contributed by atoms with Gasteiger partial charge in [-0.05, 0) is 6.07 Å². The third kappa shape index (κ3) is 4.55. The summed E-state index contributed by atoms with van der Waals surface area (Å²) in [5.74, 6) is 1.12. The first-order chi connectivity index (χ1) is 9.04. The molecule has 2 atom stereocenters. The van der Waals surface area contributed by atoms with Crippen LogP contribution in [-0.4, -0.2) is 34.5 Å². The van der Waals surface area contributed by atoms with E-state index in [2.05, 4.69) is 55.7 Å². The van der Waals surface area contributed by atoms with Crippen LogP contribution in [-0.2, 0) is 13.1 Å². The van der Waals surface area contributed by atoms with Crippen molar-refractivity contribution < 1.29 is 4.42 Å². The zero-order chi connectivity index (χ0) is 13.8. The normalized spacial score (nSPS) is 25.1. The van der Waals surface area contributed by atoms with Crippen molar-refractivity contribution in [2.24, 2.45) is 0 Å². The largest absolute Gasteiger partial charge is 0.468 e. The average Bonchev–Trinajstić information content (AvgIpc) is 2.72. The van der Waals surface area contributed by atoms with Gasteiger partial charge in [0.25, 0.3) is 0 Å². The number of nitrogens with one attached hydrogen (secondary N) is 1. The minimum Gasteiger partial charge on any atom is -0.468 e. The fourth-order valence-corrected chi connectivity index (χ4v) is 3.98. The minimum absolute atomic E-state index is 0.509. The summed E-state index contributed by atoms with van der Waals surface area (Å²) >= 11 is 2.09. The number of nitrogens with zero attached hydrogens (tertiary/aromatic N) is 1. The van der Waals surface area contributed by atoms with Crippen molar-refractivity contribution in [2.75, 3.05) is 13.1 Å². The van der Waals surface area contributed by atoms with Gasteiger partial charge in [0.1, 0.15) is 5.76 Å². The predicted octanol–water partition coefficient (Wildman–Crippen LogP) is 3.10. The van der Waals surface area contributed by atoms with Crippen molar-refractivity contribution in [1.29, 1.82) is 0 Å². The highest BCUT2D eigenvalue weighted by molar-refractivity contribution is 8.00. The third-order valence-corrected chi connectivity index (χ3v) is 4.63. The van der Waals surface area contributed by atoms with Crippen molar-refractivity contribution in [2.45, 2.75) is 57.3 Å². The Morgan fingerprint density at radius 3 is 2.68 bits per heavy atom. The van der Waals surface area contributed by atoms with Crippen LogP contribution in [0.5, 0.6) is 0 Å². The van der Waals surface area contributed by atoms with E-state index < -0.39 is 0 Å². The van der Waals surface area contributed by atoms with E-state index in [1.54, 1.807) is 0 Å². The summed E-state index contributed by atoms with van der Waals surface area (Å²) < 4.78 is 5.68. The first-order valence-electron chi connectivity index (χ1n) is 7.21. The van der Waals surface area contributed by atoms with Crippen LogP contribution in [0, 0.1) is 0 Å². The first-order valence-corrected chi connectivity index (χ1v) is 8.15. The monoisotopic (exact) mass is 282 g/mol. The van der Waals surface area contributed by atoms with Crippen LogP contribution in [0.25, 0.3) is 0 Å². The first kappa shape index (κ1) is 14.9. The maximum atomic E-state index is 5.68. The quantitative estimate of drug-likeness (QED) is 0.898. The van der Waals surface area contributed by atoms with E-state index in [1.807, 2.05) is 6.26 Å². The number of thioether (sulfide) groups is 1.